The van der Waals surface area contributed by atoms with Gasteiger partial charge in [0.1, 0.15) is 11.6 Å². The zero-order chi connectivity index (χ0) is 13.9. The molecule has 0 aliphatic carbocycles. The summed E-state index contributed by atoms with van der Waals surface area (Å²) in [5, 5.41) is 3.19. The Kier molecular flexibility index (Phi) is 3.74. The Bertz CT molecular complexity index is 604. The molecule has 20 heavy (non-hydrogen) atoms. The van der Waals surface area contributed by atoms with Crippen LogP contribution in [0.25, 0.3) is 0 Å². The summed E-state index contributed by atoms with van der Waals surface area (Å²) in [6.07, 6.45) is 4.03. The SMILES string of the molecule is CNCc1cnc(C)n1CCc1ccc2c(c1)CCO2. The number of nitrogens with zero attached hydrogens (tertiary/aromatic N) is 2. The van der Waals surface area contributed by atoms with Gasteiger partial charge in [0.05, 0.1) is 12.3 Å². The van der Waals surface area contributed by atoms with E-state index in [1.54, 1.807) is 0 Å². The van der Waals surface area contributed by atoms with E-state index in [1.165, 1.54) is 16.8 Å². The molecule has 1 aliphatic rings. The molecule has 3 rings (SSSR count). The van der Waals surface area contributed by atoms with Crippen LogP contribution < -0.4 is 10.1 Å². The molecule has 0 bridgehead atoms. The van der Waals surface area contributed by atoms with E-state index in [-0.39, 0.29) is 0 Å². The number of ether oxygens (including phenoxy) is 1. The third-order valence-electron chi connectivity index (χ3n) is 3.87. The summed E-state index contributed by atoms with van der Waals surface area (Å²) in [7, 11) is 1.97. The maximum absolute atomic E-state index is 5.55. The number of aryl methyl sites for hydroxylation is 2. The lowest BCUT2D eigenvalue weighted by Crippen LogP contribution is -2.13. The molecule has 0 spiro atoms. The number of rotatable bonds is 5. The number of hydrogen-bond acceptors (Lipinski definition) is 3. The highest BCUT2D eigenvalue weighted by Crippen LogP contribution is 2.26. The van der Waals surface area contributed by atoms with E-state index < -0.39 is 0 Å². The minimum atomic E-state index is 0.825. The van der Waals surface area contributed by atoms with Gasteiger partial charge in [-0.1, -0.05) is 12.1 Å². The van der Waals surface area contributed by atoms with Crippen LogP contribution >= 0.6 is 0 Å². The van der Waals surface area contributed by atoms with Crippen LogP contribution in [0.2, 0.25) is 0 Å². The van der Waals surface area contributed by atoms with Gasteiger partial charge in [-0.2, -0.15) is 0 Å². The molecule has 1 aromatic carbocycles. The van der Waals surface area contributed by atoms with Crippen molar-refractivity contribution in [1.29, 1.82) is 0 Å². The normalized spacial score (nSPS) is 13.3. The first kappa shape index (κ1) is 13.2. The van der Waals surface area contributed by atoms with Gasteiger partial charge in [-0.15, -0.1) is 0 Å². The zero-order valence-corrected chi connectivity index (χ0v) is 12.1. The van der Waals surface area contributed by atoms with Gasteiger partial charge in [0.15, 0.2) is 0 Å². The number of nitrogens with one attached hydrogen (secondary N) is 1. The molecule has 4 heteroatoms. The highest BCUT2D eigenvalue weighted by molar-refractivity contribution is 5.39. The standard InChI is InChI=1S/C16H21N3O/c1-12-18-11-15(10-17-2)19(12)7-5-13-3-4-16-14(9-13)6-8-20-16/h3-4,9,11,17H,5-8,10H2,1-2H3. The smallest absolute Gasteiger partial charge is 0.122 e. The number of fused-ring (bicyclic) bond motifs is 1. The topological polar surface area (TPSA) is 39.1 Å². The van der Waals surface area contributed by atoms with Crippen molar-refractivity contribution in [2.24, 2.45) is 0 Å². The molecule has 0 atom stereocenters. The van der Waals surface area contributed by atoms with Gasteiger partial charge < -0.3 is 14.6 Å². The molecule has 0 unspecified atom stereocenters. The first-order valence-corrected chi connectivity index (χ1v) is 7.18. The van der Waals surface area contributed by atoms with Crippen LogP contribution in [0.15, 0.2) is 24.4 Å². The molecule has 2 aromatic rings. The van der Waals surface area contributed by atoms with Crippen molar-refractivity contribution in [2.45, 2.75) is 32.9 Å². The third-order valence-corrected chi connectivity index (χ3v) is 3.87. The van der Waals surface area contributed by atoms with Gasteiger partial charge in [-0.25, -0.2) is 4.98 Å². The summed E-state index contributed by atoms with van der Waals surface area (Å²) in [5.41, 5.74) is 3.97. The van der Waals surface area contributed by atoms with E-state index in [9.17, 15) is 0 Å². The quantitative estimate of drug-likeness (QED) is 0.905. The van der Waals surface area contributed by atoms with Crippen molar-refractivity contribution in [3.8, 4) is 5.75 Å². The van der Waals surface area contributed by atoms with E-state index >= 15 is 0 Å². The second-order valence-corrected chi connectivity index (χ2v) is 5.27. The second-order valence-electron chi connectivity index (χ2n) is 5.27. The molecule has 1 aliphatic heterocycles. The number of benzene rings is 1. The van der Waals surface area contributed by atoms with Crippen LogP contribution in [-0.4, -0.2) is 23.2 Å². The van der Waals surface area contributed by atoms with Crippen molar-refractivity contribution in [3.05, 3.63) is 47.0 Å². The predicted molar refractivity (Wildman–Crippen MR) is 79.1 cm³/mol. The Morgan fingerprint density at radius 2 is 2.30 bits per heavy atom. The number of hydrogen-bond donors (Lipinski definition) is 1. The maximum atomic E-state index is 5.55. The molecular weight excluding hydrogens is 250 g/mol. The minimum Gasteiger partial charge on any atom is -0.493 e. The summed E-state index contributed by atoms with van der Waals surface area (Å²) < 4.78 is 7.84. The van der Waals surface area contributed by atoms with Crippen LogP contribution in [0.5, 0.6) is 5.75 Å². The zero-order valence-electron chi connectivity index (χ0n) is 12.1. The van der Waals surface area contributed by atoms with Crippen molar-refractivity contribution in [3.63, 3.8) is 0 Å². The average Bonchev–Trinajstić information content (AvgIpc) is 3.04. The van der Waals surface area contributed by atoms with Crippen LogP contribution in [0.3, 0.4) is 0 Å². The molecule has 4 nitrogen and oxygen atoms in total. The summed E-state index contributed by atoms with van der Waals surface area (Å²) in [6, 6.07) is 6.56. The Hall–Kier alpha value is -1.81. The van der Waals surface area contributed by atoms with Gasteiger partial charge in [0.25, 0.3) is 0 Å². The monoisotopic (exact) mass is 271 g/mol. The van der Waals surface area contributed by atoms with Gasteiger partial charge in [0, 0.05) is 25.7 Å². The van der Waals surface area contributed by atoms with Crippen LogP contribution in [0.1, 0.15) is 22.6 Å². The van der Waals surface area contributed by atoms with Crippen molar-refractivity contribution in [1.82, 2.24) is 14.9 Å². The Morgan fingerprint density at radius 3 is 3.15 bits per heavy atom. The molecule has 1 N–H and O–H groups in total. The molecule has 0 amide bonds. The molecule has 106 valence electrons. The number of aromatic nitrogens is 2. The molecule has 0 saturated carbocycles. The average molecular weight is 271 g/mol. The van der Waals surface area contributed by atoms with Gasteiger partial charge in [-0.05, 0) is 37.6 Å². The molecule has 2 heterocycles. The summed E-state index contributed by atoms with van der Waals surface area (Å²) in [4.78, 5) is 4.41. The van der Waals surface area contributed by atoms with Crippen LogP contribution in [0.4, 0.5) is 0 Å². The van der Waals surface area contributed by atoms with E-state index in [0.29, 0.717) is 0 Å². The van der Waals surface area contributed by atoms with E-state index in [0.717, 1.165) is 44.1 Å². The first-order valence-electron chi connectivity index (χ1n) is 7.18. The third kappa shape index (κ3) is 2.56. The van der Waals surface area contributed by atoms with Crippen LogP contribution in [0, 0.1) is 6.92 Å². The van der Waals surface area contributed by atoms with E-state index in [2.05, 4.69) is 40.0 Å². The fourth-order valence-corrected chi connectivity index (χ4v) is 2.78. The van der Waals surface area contributed by atoms with E-state index in [1.807, 2.05) is 13.2 Å². The highest BCUT2D eigenvalue weighted by atomic mass is 16.5. The van der Waals surface area contributed by atoms with Crippen molar-refractivity contribution >= 4 is 0 Å². The Morgan fingerprint density at radius 1 is 1.40 bits per heavy atom. The minimum absolute atomic E-state index is 0.825. The fraction of sp³-hybridized carbons (Fsp3) is 0.438. The molecular formula is C16H21N3O. The summed E-state index contributed by atoms with van der Waals surface area (Å²) in [6.45, 7) is 4.72. The first-order chi connectivity index (χ1) is 9.78. The Balaban J connectivity index is 1.72. The molecule has 1 aromatic heterocycles. The Labute approximate surface area is 119 Å². The van der Waals surface area contributed by atoms with Crippen molar-refractivity contribution < 1.29 is 4.74 Å². The van der Waals surface area contributed by atoms with Gasteiger partial charge in [0.2, 0.25) is 0 Å². The van der Waals surface area contributed by atoms with Gasteiger partial charge in [-0.3, -0.25) is 0 Å². The van der Waals surface area contributed by atoms with Gasteiger partial charge >= 0.3 is 0 Å². The lowest BCUT2D eigenvalue weighted by atomic mass is 10.1. The molecule has 0 saturated heterocycles. The summed E-state index contributed by atoms with van der Waals surface area (Å²) >= 11 is 0. The summed E-state index contributed by atoms with van der Waals surface area (Å²) in [5.74, 6) is 2.14. The predicted octanol–water partition coefficient (Wildman–Crippen LogP) is 2.09. The second kappa shape index (κ2) is 5.67. The molecule has 0 fully saturated rings. The number of imidazole rings is 1. The maximum Gasteiger partial charge on any atom is 0.122 e. The molecule has 0 radical (unpaired) electrons. The lowest BCUT2D eigenvalue weighted by Gasteiger charge is -2.11. The lowest BCUT2D eigenvalue weighted by molar-refractivity contribution is 0.357. The highest BCUT2D eigenvalue weighted by Gasteiger charge is 2.12. The fourth-order valence-electron chi connectivity index (χ4n) is 2.78. The van der Waals surface area contributed by atoms with E-state index in [4.69, 9.17) is 4.74 Å². The largest absolute Gasteiger partial charge is 0.493 e. The van der Waals surface area contributed by atoms with Crippen LogP contribution in [-0.2, 0) is 25.9 Å². The van der Waals surface area contributed by atoms with Crippen molar-refractivity contribution in [2.75, 3.05) is 13.7 Å².